The molecular formula is C14H14BrNO2. The Hall–Kier alpha value is -1.39. The van der Waals surface area contributed by atoms with E-state index < -0.39 is 6.10 Å². The van der Waals surface area contributed by atoms with Crippen LogP contribution < -0.4 is 4.74 Å². The lowest BCUT2D eigenvalue weighted by atomic mass is 10.2. The lowest BCUT2D eigenvalue weighted by Crippen LogP contribution is -1.95. The molecule has 2 aromatic rings. The molecule has 1 aromatic carbocycles. The van der Waals surface area contributed by atoms with Crippen molar-refractivity contribution in [1.82, 2.24) is 4.98 Å². The molecule has 0 saturated heterocycles. The van der Waals surface area contributed by atoms with Crippen LogP contribution in [0.2, 0.25) is 0 Å². The average molecular weight is 308 g/mol. The highest BCUT2D eigenvalue weighted by molar-refractivity contribution is 9.10. The van der Waals surface area contributed by atoms with Gasteiger partial charge >= 0.3 is 0 Å². The maximum absolute atomic E-state index is 9.36. The highest BCUT2D eigenvalue weighted by Crippen LogP contribution is 2.26. The molecule has 0 spiro atoms. The third kappa shape index (κ3) is 3.09. The van der Waals surface area contributed by atoms with Gasteiger partial charge in [0.25, 0.3) is 0 Å². The summed E-state index contributed by atoms with van der Waals surface area (Å²) >= 11 is 3.44. The van der Waals surface area contributed by atoms with Crippen molar-refractivity contribution in [3.05, 3.63) is 52.3 Å². The number of benzene rings is 1. The molecule has 0 aliphatic rings. The van der Waals surface area contributed by atoms with E-state index in [1.54, 1.807) is 25.3 Å². The molecule has 18 heavy (non-hydrogen) atoms. The van der Waals surface area contributed by atoms with Crippen LogP contribution in [0.5, 0.6) is 11.5 Å². The fraction of sp³-hybridized carbons (Fsp3) is 0.214. The average Bonchev–Trinajstić information content (AvgIpc) is 2.34. The molecular weight excluding hydrogens is 294 g/mol. The summed E-state index contributed by atoms with van der Waals surface area (Å²) in [5.41, 5.74) is 1.75. The number of ether oxygens (including phenoxy) is 1. The van der Waals surface area contributed by atoms with Gasteiger partial charge in [0, 0.05) is 4.47 Å². The summed E-state index contributed by atoms with van der Waals surface area (Å²) in [6.45, 7) is 3.69. The summed E-state index contributed by atoms with van der Waals surface area (Å²) < 4.78 is 6.74. The number of nitrogens with zero attached hydrogens (tertiary/aromatic N) is 1. The van der Waals surface area contributed by atoms with Gasteiger partial charge in [-0.1, -0.05) is 15.9 Å². The molecule has 0 unspecified atom stereocenters. The summed E-state index contributed by atoms with van der Waals surface area (Å²) in [7, 11) is 0. The lowest BCUT2D eigenvalue weighted by molar-refractivity contribution is 0.194. The molecule has 0 amide bonds. The minimum absolute atomic E-state index is 0.561. The van der Waals surface area contributed by atoms with Crippen molar-refractivity contribution in [2.45, 2.75) is 20.0 Å². The van der Waals surface area contributed by atoms with Crippen LogP contribution in [0.15, 0.2) is 41.0 Å². The second-order valence-electron chi connectivity index (χ2n) is 4.11. The molecule has 0 saturated carbocycles. The third-order valence-electron chi connectivity index (χ3n) is 2.55. The summed E-state index contributed by atoms with van der Waals surface area (Å²) in [6, 6.07) is 9.34. The zero-order valence-corrected chi connectivity index (χ0v) is 11.8. The van der Waals surface area contributed by atoms with E-state index in [0.717, 1.165) is 15.8 Å². The number of aromatic nitrogens is 1. The predicted molar refractivity (Wildman–Crippen MR) is 73.8 cm³/mol. The zero-order valence-electron chi connectivity index (χ0n) is 10.2. The Morgan fingerprint density at radius 1 is 1.22 bits per heavy atom. The topological polar surface area (TPSA) is 42.4 Å². The van der Waals surface area contributed by atoms with Crippen LogP contribution in [0.4, 0.5) is 0 Å². The number of aryl methyl sites for hydroxylation is 1. The van der Waals surface area contributed by atoms with E-state index in [1.807, 2.05) is 25.1 Å². The Morgan fingerprint density at radius 3 is 2.50 bits per heavy atom. The van der Waals surface area contributed by atoms with Gasteiger partial charge < -0.3 is 9.84 Å². The number of aliphatic hydroxyl groups is 1. The first-order valence-corrected chi connectivity index (χ1v) is 6.43. The highest BCUT2D eigenvalue weighted by atomic mass is 79.9. The summed E-state index contributed by atoms with van der Waals surface area (Å²) in [5, 5.41) is 9.36. The maximum atomic E-state index is 9.36. The van der Waals surface area contributed by atoms with E-state index >= 15 is 0 Å². The zero-order chi connectivity index (χ0) is 13.1. The smallest absolute Gasteiger partial charge is 0.145 e. The normalized spacial score (nSPS) is 12.2. The Kier molecular flexibility index (Phi) is 3.99. The Labute approximate surface area is 115 Å². The molecule has 1 heterocycles. The summed E-state index contributed by atoms with van der Waals surface area (Å²) in [5.74, 6) is 1.42. The SMILES string of the molecule is Cc1cc(Oc2ccc([C@@H](C)O)nc2)ccc1Br. The van der Waals surface area contributed by atoms with Crippen LogP contribution in [-0.2, 0) is 0 Å². The summed E-state index contributed by atoms with van der Waals surface area (Å²) in [6.07, 6.45) is 1.05. The van der Waals surface area contributed by atoms with Gasteiger partial charge in [-0.3, -0.25) is 4.98 Å². The number of rotatable bonds is 3. The predicted octanol–water partition coefficient (Wildman–Crippen LogP) is 4.00. The van der Waals surface area contributed by atoms with E-state index in [9.17, 15) is 5.11 Å². The molecule has 1 aromatic heterocycles. The van der Waals surface area contributed by atoms with Gasteiger partial charge in [0.2, 0.25) is 0 Å². The fourth-order valence-corrected chi connectivity index (χ4v) is 1.76. The van der Waals surface area contributed by atoms with Gasteiger partial charge in [-0.15, -0.1) is 0 Å². The van der Waals surface area contributed by atoms with Crippen LogP contribution in [0.1, 0.15) is 24.3 Å². The van der Waals surface area contributed by atoms with Crippen molar-refractivity contribution in [2.24, 2.45) is 0 Å². The Balaban J connectivity index is 2.15. The fourth-order valence-electron chi connectivity index (χ4n) is 1.52. The molecule has 1 N–H and O–H groups in total. The second kappa shape index (κ2) is 5.50. The molecule has 0 bridgehead atoms. The number of aliphatic hydroxyl groups excluding tert-OH is 1. The number of hydrogen-bond acceptors (Lipinski definition) is 3. The molecule has 0 fully saturated rings. The number of hydrogen-bond donors (Lipinski definition) is 1. The van der Waals surface area contributed by atoms with Gasteiger partial charge in [0.05, 0.1) is 18.0 Å². The van der Waals surface area contributed by atoms with Crippen molar-refractivity contribution in [3.8, 4) is 11.5 Å². The van der Waals surface area contributed by atoms with Crippen LogP contribution in [0.3, 0.4) is 0 Å². The van der Waals surface area contributed by atoms with Gasteiger partial charge in [0.15, 0.2) is 0 Å². The van der Waals surface area contributed by atoms with Gasteiger partial charge in [0.1, 0.15) is 11.5 Å². The third-order valence-corrected chi connectivity index (χ3v) is 3.44. The van der Waals surface area contributed by atoms with Crippen LogP contribution in [0, 0.1) is 6.92 Å². The van der Waals surface area contributed by atoms with Gasteiger partial charge in [-0.05, 0) is 49.7 Å². The molecule has 4 heteroatoms. The monoisotopic (exact) mass is 307 g/mol. The molecule has 0 aliphatic carbocycles. The lowest BCUT2D eigenvalue weighted by Gasteiger charge is -2.08. The van der Waals surface area contributed by atoms with E-state index in [4.69, 9.17) is 4.74 Å². The second-order valence-corrected chi connectivity index (χ2v) is 4.96. The van der Waals surface area contributed by atoms with Crippen molar-refractivity contribution in [3.63, 3.8) is 0 Å². The van der Waals surface area contributed by atoms with Crippen LogP contribution >= 0.6 is 15.9 Å². The minimum Gasteiger partial charge on any atom is -0.456 e. The van der Waals surface area contributed by atoms with Crippen molar-refractivity contribution < 1.29 is 9.84 Å². The first-order chi connectivity index (χ1) is 8.56. The molecule has 0 radical (unpaired) electrons. The highest BCUT2D eigenvalue weighted by Gasteiger charge is 2.04. The van der Waals surface area contributed by atoms with E-state index in [-0.39, 0.29) is 0 Å². The quantitative estimate of drug-likeness (QED) is 0.932. The molecule has 3 nitrogen and oxygen atoms in total. The first-order valence-electron chi connectivity index (χ1n) is 5.64. The molecule has 0 aliphatic heterocycles. The first kappa shape index (κ1) is 13.1. The van der Waals surface area contributed by atoms with Crippen molar-refractivity contribution in [1.29, 1.82) is 0 Å². The Bertz CT molecular complexity index is 538. The van der Waals surface area contributed by atoms with Gasteiger partial charge in [-0.2, -0.15) is 0 Å². The van der Waals surface area contributed by atoms with Crippen LogP contribution in [0.25, 0.3) is 0 Å². The Morgan fingerprint density at radius 2 is 1.94 bits per heavy atom. The van der Waals surface area contributed by atoms with E-state index in [1.165, 1.54) is 0 Å². The van der Waals surface area contributed by atoms with Gasteiger partial charge in [-0.25, -0.2) is 0 Å². The molecule has 94 valence electrons. The van der Waals surface area contributed by atoms with Crippen LogP contribution in [-0.4, -0.2) is 10.1 Å². The number of pyridine rings is 1. The standard InChI is InChI=1S/C14H14BrNO2/c1-9-7-11(3-5-13(9)15)18-12-4-6-14(10(2)17)16-8-12/h3-8,10,17H,1-2H3/t10-/m1/s1. The van der Waals surface area contributed by atoms with Crippen molar-refractivity contribution >= 4 is 15.9 Å². The molecule has 1 atom stereocenters. The van der Waals surface area contributed by atoms with E-state index in [0.29, 0.717) is 11.4 Å². The molecule has 2 rings (SSSR count). The minimum atomic E-state index is -0.561. The number of halogens is 1. The maximum Gasteiger partial charge on any atom is 0.145 e. The van der Waals surface area contributed by atoms with Crippen molar-refractivity contribution in [2.75, 3.05) is 0 Å². The summed E-state index contributed by atoms with van der Waals surface area (Å²) in [4.78, 5) is 4.13. The van der Waals surface area contributed by atoms with E-state index in [2.05, 4.69) is 20.9 Å². The largest absolute Gasteiger partial charge is 0.456 e.